The van der Waals surface area contributed by atoms with Crippen LogP contribution in [0.3, 0.4) is 0 Å². The Morgan fingerprint density at radius 2 is 2.41 bits per heavy atom. The van der Waals surface area contributed by atoms with Gasteiger partial charge in [-0.15, -0.1) is 0 Å². The Morgan fingerprint density at radius 3 is 3.29 bits per heavy atom. The highest BCUT2D eigenvalue weighted by Crippen LogP contribution is 2.16. The van der Waals surface area contributed by atoms with E-state index in [-0.39, 0.29) is 0 Å². The summed E-state index contributed by atoms with van der Waals surface area (Å²) in [5, 5.41) is 7.53. The lowest BCUT2D eigenvalue weighted by Gasteiger charge is -2.23. The van der Waals surface area contributed by atoms with E-state index in [1.54, 1.807) is 12.4 Å². The fraction of sp³-hybridized carbons (Fsp3) is 0.500. The molecule has 1 N–H and O–H groups in total. The van der Waals surface area contributed by atoms with E-state index in [4.69, 9.17) is 4.74 Å². The lowest BCUT2D eigenvalue weighted by molar-refractivity contribution is 0.0247. The van der Waals surface area contributed by atoms with Gasteiger partial charge in [-0.2, -0.15) is 5.10 Å². The first-order valence-corrected chi connectivity index (χ1v) is 6.07. The molecule has 2 aromatic heterocycles. The van der Waals surface area contributed by atoms with E-state index in [0.717, 1.165) is 30.9 Å². The highest BCUT2D eigenvalue weighted by Gasteiger charge is 2.14. The fourth-order valence-electron chi connectivity index (χ4n) is 2.17. The van der Waals surface area contributed by atoms with Crippen molar-refractivity contribution in [3.63, 3.8) is 0 Å². The van der Waals surface area contributed by atoms with Crippen LogP contribution < -0.4 is 5.32 Å². The summed E-state index contributed by atoms with van der Waals surface area (Å²) in [5.41, 5.74) is 1.00. The fourth-order valence-corrected chi connectivity index (χ4v) is 2.17. The van der Waals surface area contributed by atoms with Crippen molar-refractivity contribution in [3.8, 4) is 0 Å². The van der Waals surface area contributed by atoms with Crippen molar-refractivity contribution in [1.82, 2.24) is 14.6 Å². The van der Waals surface area contributed by atoms with E-state index >= 15 is 0 Å². The van der Waals surface area contributed by atoms with Gasteiger partial charge in [0.2, 0.25) is 0 Å². The molecule has 1 fully saturated rings. The van der Waals surface area contributed by atoms with Crippen molar-refractivity contribution in [2.75, 3.05) is 18.5 Å². The molecule has 0 aromatic carbocycles. The van der Waals surface area contributed by atoms with Gasteiger partial charge in [0, 0.05) is 25.5 Å². The molecular formula is C12H16N4O. The number of fused-ring (bicyclic) bond motifs is 1. The average molecular weight is 232 g/mol. The summed E-state index contributed by atoms with van der Waals surface area (Å²) >= 11 is 0. The van der Waals surface area contributed by atoms with Gasteiger partial charge < -0.3 is 10.1 Å². The van der Waals surface area contributed by atoms with Crippen LogP contribution in [0.15, 0.2) is 24.7 Å². The number of hydrogen-bond donors (Lipinski definition) is 1. The molecule has 1 unspecified atom stereocenters. The van der Waals surface area contributed by atoms with Crippen LogP contribution in [0.4, 0.5) is 5.82 Å². The first kappa shape index (κ1) is 10.5. The molecule has 0 saturated carbocycles. The second-order valence-electron chi connectivity index (χ2n) is 4.31. The number of hydrogen-bond acceptors (Lipinski definition) is 4. The normalized spacial score (nSPS) is 20.6. The molecule has 0 amide bonds. The molecular weight excluding hydrogens is 216 g/mol. The van der Waals surface area contributed by atoms with Crippen LogP contribution in [0.2, 0.25) is 0 Å². The first-order chi connectivity index (χ1) is 8.43. The molecule has 90 valence electrons. The summed E-state index contributed by atoms with van der Waals surface area (Å²) in [6.45, 7) is 1.70. The Labute approximate surface area is 99.8 Å². The monoisotopic (exact) mass is 232 g/mol. The molecule has 1 aliphatic rings. The third kappa shape index (κ3) is 2.24. The highest BCUT2D eigenvalue weighted by atomic mass is 16.5. The van der Waals surface area contributed by atoms with Crippen molar-refractivity contribution in [3.05, 3.63) is 24.7 Å². The molecule has 5 heteroatoms. The van der Waals surface area contributed by atoms with Crippen molar-refractivity contribution in [2.45, 2.75) is 25.4 Å². The van der Waals surface area contributed by atoms with Crippen molar-refractivity contribution >= 4 is 11.3 Å². The number of anilines is 1. The Hall–Kier alpha value is -1.62. The second-order valence-corrected chi connectivity index (χ2v) is 4.31. The van der Waals surface area contributed by atoms with Gasteiger partial charge in [0.05, 0.1) is 12.3 Å². The van der Waals surface area contributed by atoms with Gasteiger partial charge in [0.25, 0.3) is 0 Å². The highest BCUT2D eigenvalue weighted by molar-refractivity contribution is 5.66. The minimum absolute atomic E-state index is 0.314. The Kier molecular flexibility index (Phi) is 2.92. The molecule has 1 saturated heterocycles. The van der Waals surface area contributed by atoms with Crippen LogP contribution in [0.5, 0.6) is 0 Å². The molecule has 5 nitrogen and oxygen atoms in total. The topological polar surface area (TPSA) is 51.5 Å². The molecule has 0 bridgehead atoms. The quantitative estimate of drug-likeness (QED) is 0.875. The SMILES string of the molecule is c1cn2nccc2c(NCC2CCCCO2)n1. The largest absolute Gasteiger partial charge is 0.376 e. The van der Waals surface area contributed by atoms with E-state index in [1.807, 2.05) is 16.8 Å². The maximum atomic E-state index is 5.68. The van der Waals surface area contributed by atoms with E-state index in [9.17, 15) is 0 Å². The number of nitrogens with zero attached hydrogens (tertiary/aromatic N) is 3. The van der Waals surface area contributed by atoms with Crippen molar-refractivity contribution < 1.29 is 4.74 Å². The minimum atomic E-state index is 0.314. The first-order valence-electron chi connectivity index (χ1n) is 6.07. The van der Waals surface area contributed by atoms with Gasteiger partial charge in [0.1, 0.15) is 5.52 Å². The van der Waals surface area contributed by atoms with Crippen LogP contribution in [0.1, 0.15) is 19.3 Å². The van der Waals surface area contributed by atoms with Crippen LogP contribution in [-0.4, -0.2) is 33.9 Å². The van der Waals surface area contributed by atoms with Crippen molar-refractivity contribution in [2.24, 2.45) is 0 Å². The third-order valence-corrected chi connectivity index (χ3v) is 3.10. The summed E-state index contributed by atoms with van der Waals surface area (Å²) in [4.78, 5) is 4.34. The Balaban J connectivity index is 1.69. The molecule has 1 atom stereocenters. The summed E-state index contributed by atoms with van der Waals surface area (Å²) in [6, 6.07) is 1.96. The predicted octanol–water partition coefficient (Wildman–Crippen LogP) is 1.71. The van der Waals surface area contributed by atoms with Crippen LogP contribution in [-0.2, 0) is 4.74 Å². The summed E-state index contributed by atoms with van der Waals surface area (Å²) < 4.78 is 7.50. The summed E-state index contributed by atoms with van der Waals surface area (Å²) in [6.07, 6.45) is 9.27. The van der Waals surface area contributed by atoms with Crippen LogP contribution >= 0.6 is 0 Å². The smallest absolute Gasteiger partial charge is 0.152 e. The van der Waals surface area contributed by atoms with Crippen molar-refractivity contribution in [1.29, 1.82) is 0 Å². The van der Waals surface area contributed by atoms with E-state index in [1.165, 1.54) is 12.8 Å². The average Bonchev–Trinajstić information content (AvgIpc) is 2.86. The number of rotatable bonds is 3. The number of ether oxygens (including phenoxy) is 1. The van der Waals surface area contributed by atoms with Gasteiger partial charge in [-0.05, 0) is 25.3 Å². The molecule has 0 aliphatic carbocycles. The predicted molar refractivity (Wildman–Crippen MR) is 65.1 cm³/mol. The van der Waals surface area contributed by atoms with Gasteiger partial charge >= 0.3 is 0 Å². The molecule has 1 aliphatic heterocycles. The maximum absolute atomic E-state index is 5.68. The van der Waals surface area contributed by atoms with Crippen LogP contribution in [0.25, 0.3) is 5.52 Å². The van der Waals surface area contributed by atoms with E-state index in [2.05, 4.69) is 15.4 Å². The van der Waals surface area contributed by atoms with Crippen LogP contribution in [0, 0.1) is 0 Å². The standard InChI is InChI=1S/C12H16N4O/c1-2-8-17-10(3-1)9-14-12-11-4-5-15-16(11)7-6-13-12/h4-7,10H,1-3,8-9H2,(H,13,14). The van der Waals surface area contributed by atoms with Gasteiger partial charge in [-0.25, -0.2) is 9.50 Å². The lowest BCUT2D eigenvalue weighted by Crippen LogP contribution is -2.27. The number of nitrogens with one attached hydrogen (secondary N) is 1. The molecule has 0 spiro atoms. The maximum Gasteiger partial charge on any atom is 0.152 e. The number of aromatic nitrogens is 3. The molecule has 3 heterocycles. The van der Waals surface area contributed by atoms with Gasteiger partial charge in [-0.3, -0.25) is 0 Å². The second kappa shape index (κ2) is 4.71. The Morgan fingerprint density at radius 1 is 1.41 bits per heavy atom. The molecule has 17 heavy (non-hydrogen) atoms. The van der Waals surface area contributed by atoms with E-state index in [0.29, 0.717) is 6.10 Å². The Bertz CT molecular complexity index is 490. The molecule has 2 aromatic rings. The summed E-state index contributed by atoms with van der Waals surface area (Å²) in [7, 11) is 0. The van der Waals surface area contributed by atoms with Gasteiger partial charge in [0.15, 0.2) is 5.82 Å². The van der Waals surface area contributed by atoms with E-state index < -0.39 is 0 Å². The lowest BCUT2D eigenvalue weighted by atomic mass is 10.1. The molecule has 0 radical (unpaired) electrons. The minimum Gasteiger partial charge on any atom is -0.376 e. The molecule has 3 rings (SSSR count). The zero-order valence-electron chi connectivity index (χ0n) is 9.67. The van der Waals surface area contributed by atoms with Gasteiger partial charge in [-0.1, -0.05) is 0 Å². The zero-order valence-corrected chi connectivity index (χ0v) is 9.67. The summed E-state index contributed by atoms with van der Waals surface area (Å²) in [5.74, 6) is 0.874. The zero-order chi connectivity index (χ0) is 11.5. The third-order valence-electron chi connectivity index (χ3n) is 3.10.